The molecule has 0 unspecified atom stereocenters. The predicted molar refractivity (Wildman–Crippen MR) is 118 cm³/mol. The van der Waals surface area contributed by atoms with Crippen LogP contribution in [0.3, 0.4) is 0 Å². The van der Waals surface area contributed by atoms with Gasteiger partial charge in [0.05, 0.1) is 21.3 Å². The number of benzene rings is 3. The Bertz CT molecular complexity index is 1240. The topological polar surface area (TPSA) is 67.1 Å². The molecule has 1 heterocycles. The highest BCUT2D eigenvalue weighted by molar-refractivity contribution is 5.92. The number of methoxy groups -OCH3 is 3. The molecule has 6 nitrogen and oxygen atoms in total. The molecule has 1 aromatic heterocycles. The Morgan fingerprint density at radius 1 is 0.806 bits per heavy atom. The van der Waals surface area contributed by atoms with Gasteiger partial charge in [-0.25, -0.2) is 0 Å². The Morgan fingerprint density at radius 3 is 2.19 bits per heavy atom. The van der Waals surface area contributed by atoms with E-state index in [1.54, 1.807) is 25.3 Å². The van der Waals surface area contributed by atoms with Crippen molar-refractivity contribution in [1.82, 2.24) is 0 Å². The van der Waals surface area contributed by atoms with Crippen molar-refractivity contribution in [3.05, 3.63) is 82.5 Å². The zero-order valence-corrected chi connectivity index (χ0v) is 17.5. The molecule has 4 aromatic rings. The number of hydrogen-bond donors (Lipinski definition) is 0. The first-order valence-corrected chi connectivity index (χ1v) is 9.68. The second-order valence-corrected chi connectivity index (χ2v) is 6.79. The molecule has 0 aliphatic rings. The van der Waals surface area contributed by atoms with Crippen molar-refractivity contribution in [2.45, 2.75) is 6.61 Å². The number of rotatable bonds is 7. The maximum absolute atomic E-state index is 13.0. The molecule has 6 heteroatoms. The highest BCUT2D eigenvalue weighted by atomic mass is 16.5. The number of hydrogen-bond acceptors (Lipinski definition) is 6. The highest BCUT2D eigenvalue weighted by Gasteiger charge is 2.21. The van der Waals surface area contributed by atoms with E-state index in [2.05, 4.69) is 0 Å². The monoisotopic (exact) mass is 418 g/mol. The normalized spacial score (nSPS) is 10.7. The lowest BCUT2D eigenvalue weighted by Crippen LogP contribution is -2.06. The zero-order chi connectivity index (χ0) is 21.8. The van der Waals surface area contributed by atoms with Crippen LogP contribution in [0.25, 0.3) is 22.3 Å². The van der Waals surface area contributed by atoms with Gasteiger partial charge in [-0.2, -0.15) is 0 Å². The lowest BCUT2D eigenvalue weighted by atomic mass is 10.1. The van der Waals surface area contributed by atoms with Crippen LogP contribution >= 0.6 is 0 Å². The predicted octanol–water partition coefficient (Wildman–Crippen LogP) is 5.06. The fraction of sp³-hybridized carbons (Fsp3) is 0.160. The van der Waals surface area contributed by atoms with E-state index < -0.39 is 0 Å². The summed E-state index contributed by atoms with van der Waals surface area (Å²) in [7, 11) is 4.61. The van der Waals surface area contributed by atoms with Gasteiger partial charge < -0.3 is 23.4 Å². The minimum absolute atomic E-state index is 0.239. The second-order valence-electron chi connectivity index (χ2n) is 6.79. The summed E-state index contributed by atoms with van der Waals surface area (Å²) in [6.07, 6.45) is 0. The minimum Gasteiger partial charge on any atom is -0.497 e. The van der Waals surface area contributed by atoms with Crippen LogP contribution in [-0.4, -0.2) is 21.3 Å². The molecule has 0 N–H and O–H groups in total. The largest absolute Gasteiger partial charge is 0.497 e. The van der Waals surface area contributed by atoms with Gasteiger partial charge in [-0.1, -0.05) is 30.3 Å². The SMILES string of the molecule is COc1ccc(-c2cc(=O)c3c(OC)cc(OCc4ccccc4)c(OC)c3o2)cc1. The third kappa shape index (κ3) is 4.05. The molecule has 0 spiro atoms. The third-order valence-electron chi connectivity index (χ3n) is 4.92. The van der Waals surface area contributed by atoms with Crippen molar-refractivity contribution in [2.75, 3.05) is 21.3 Å². The number of fused-ring (bicyclic) bond motifs is 1. The maximum Gasteiger partial charge on any atom is 0.205 e. The Hall–Kier alpha value is -3.93. The van der Waals surface area contributed by atoms with E-state index >= 15 is 0 Å². The van der Waals surface area contributed by atoms with Gasteiger partial charge >= 0.3 is 0 Å². The van der Waals surface area contributed by atoms with Crippen molar-refractivity contribution in [3.8, 4) is 34.3 Å². The molecule has 0 aliphatic carbocycles. The second kappa shape index (κ2) is 8.83. The van der Waals surface area contributed by atoms with E-state index in [0.717, 1.165) is 11.1 Å². The summed E-state index contributed by atoms with van der Waals surface area (Å²) in [6, 6.07) is 20.1. The standard InChI is InChI=1S/C25H22O6/c1-27-18-11-9-17(10-12-18)20-13-19(26)23-21(28-2)14-22(24(29-3)25(23)31-20)30-15-16-7-5-4-6-8-16/h4-14H,15H2,1-3H3. The Balaban J connectivity index is 1.84. The molecule has 0 bridgehead atoms. The zero-order valence-electron chi connectivity index (χ0n) is 17.5. The average molecular weight is 418 g/mol. The van der Waals surface area contributed by atoms with Crippen molar-refractivity contribution in [1.29, 1.82) is 0 Å². The maximum atomic E-state index is 13.0. The molecule has 0 amide bonds. The van der Waals surface area contributed by atoms with Crippen LogP contribution in [0.5, 0.6) is 23.0 Å². The fourth-order valence-corrected chi connectivity index (χ4v) is 3.35. The van der Waals surface area contributed by atoms with Crippen LogP contribution in [0, 0.1) is 0 Å². The fourth-order valence-electron chi connectivity index (χ4n) is 3.35. The minimum atomic E-state index is -0.239. The van der Waals surface area contributed by atoms with Crippen LogP contribution < -0.4 is 24.4 Å². The summed E-state index contributed by atoms with van der Waals surface area (Å²) < 4.78 is 28.4. The summed E-state index contributed by atoms with van der Waals surface area (Å²) in [5.74, 6) is 2.22. The first-order chi connectivity index (χ1) is 15.1. The van der Waals surface area contributed by atoms with E-state index in [0.29, 0.717) is 40.8 Å². The molecule has 0 radical (unpaired) electrons. The van der Waals surface area contributed by atoms with Gasteiger partial charge in [0.2, 0.25) is 5.75 Å². The van der Waals surface area contributed by atoms with E-state index in [9.17, 15) is 4.79 Å². The molecule has 0 saturated heterocycles. The van der Waals surface area contributed by atoms with Gasteiger partial charge in [-0.3, -0.25) is 4.79 Å². The lowest BCUT2D eigenvalue weighted by Gasteiger charge is -2.15. The summed E-state index contributed by atoms with van der Waals surface area (Å²) in [6.45, 7) is 0.328. The van der Waals surface area contributed by atoms with Gasteiger partial charge in [0.1, 0.15) is 29.3 Å². The molecule has 0 aliphatic heterocycles. The summed E-state index contributed by atoms with van der Waals surface area (Å²) >= 11 is 0. The van der Waals surface area contributed by atoms with E-state index in [1.807, 2.05) is 42.5 Å². The highest BCUT2D eigenvalue weighted by Crippen LogP contribution is 2.41. The van der Waals surface area contributed by atoms with E-state index in [-0.39, 0.29) is 11.0 Å². The van der Waals surface area contributed by atoms with Crippen LogP contribution in [0.4, 0.5) is 0 Å². The molecule has 0 fully saturated rings. The van der Waals surface area contributed by atoms with Crippen molar-refractivity contribution >= 4 is 11.0 Å². The molecular weight excluding hydrogens is 396 g/mol. The molecular formula is C25H22O6. The van der Waals surface area contributed by atoms with Crippen LogP contribution in [-0.2, 0) is 6.61 Å². The number of ether oxygens (including phenoxy) is 4. The van der Waals surface area contributed by atoms with Crippen molar-refractivity contribution in [3.63, 3.8) is 0 Å². The van der Waals surface area contributed by atoms with Crippen LogP contribution in [0.2, 0.25) is 0 Å². The van der Waals surface area contributed by atoms with Gasteiger partial charge in [-0.05, 0) is 29.8 Å². The smallest absolute Gasteiger partial charge is 0.205 e. The van der Waals surface area contributed by atoms with Gasteiger partial charge in [0.25, 0.3) is 0 Å². The van der Waals surface area contributed by atoms with Crippen LogP contribution in [0.15, 0.2) is 75.9 Å². The average Bonchev–Trinajstić information content (AvgIpc) is 2.82. The lowest BCUT2D eigenvalue weighted by molar-refractivity contribution is 0.282. The van der Waals surface area contributed by atoms with Gasteiger partial charge in [0.15, 0.2) is 16.8 Å². The van der Waals surface area contributed by atoms with E-state index in [4.69, 9.17) is 23.4 Å². The first kappa shape index (κ1) is 20.3. The first-order valence-electron chi connectivity index (χ1n) is 9.68. The van der Waals surface area contributed by atoms with Crippen molar-refractivity contribution < 1.29 is 23.4 Å². The third-order valence-corrected chi connectivity index (χ3v) is 4.92. The summed E-state index contributed by atoms with van der Waals surface area (Å²) in [5.41, 5.74) is 1.76. The molecule has 0 atom stereocenters. The molecule has 0 saturated carbocycles. The molecule has 4 rings (SSSR count). The van der Waals surface area contributed by atoms with Crippen molar-refractivity contribution in [2.24, 2.45) is 0 Å². The van der Waals surface area contributed by atoms with Crippen LogP contribution in [0.1, 0.15) is 5.56 Å². The quantitative estimate of drug-likeness (QED) is 0.418. The Labute approximate surface area is 179 Å². The summed E-state index contributed by atoms with van der Waals surface area (Å²) in [5, 5.41) is 0.295. The molecule has 158 valence electrons. The Kier molecular flexibility index (Phi) is 5.80. The Morgan fingerprint density at radius 2 is 1.55 bits per heavy atom. The van der Waals surface area contributed by atoms with E-state index in [1.165, 1.54) is 20.3 Å². The van der Waals surface area contributed by atoms with Gasteiger partial charge in [-0.15, -0.1) is 0 Å². The summed E-state index contributed by atoms with van der Waals surface area (Å²) in [4.78, 5) is 13.0. The molecule has 31 heavy (non-hydrogen) atoms. The van der Waals surface area contributed by atoms with Gasteiger partial charge in [0, 0.05) is 17.7 Å². The molecule has 3 aromatic carbocycles.